The van der Waals surface area contributed by atoms with Crippen molar-refractivity contribution in [3.63, 3.8) is 0 Å². The highest BCUT2D eigenvalue weighted by Gasteiger charge is 2.08. The predicted octanol–water partition coefficient (Wildman–Crippen LogP) is -1.01. The van der Waals surface area contributed by atoms with Crippen LogP contribution in [0.25, 0.3) is 16.8 Å². The molecule has 5 nitrogen and oxygen atoms in total. The van der Waals surface area contributed by atoms with Crippen LogP contribution < -0.4 is 18.0 Å². The lowest BCUT2D eigenvalue weighted by molar-refractivity contribution is -0.00000428. The van der Waals surface area contributed by atoms with Crippen molar-refractivity contribution in [2.45, 2.75) is 6.92 Å². The molecule has 0 saturated carbocycles. The summed E-state index contributed by atoms with van der Waals surface area (Å²) in [5.41, 5.74) is 3.12. The van der Waals surface area contributed by atoms with Crippen molar-refractivity contribution in [1.29, 1.82) is 5.26 Å². The van der Waals surface area contributed by atoms with Crippen molar-refractivity contribution >= 4 is 5.65 Å². The van der Waals surface area contributed by atoms with E-state index in [1.54, 1.807) is 12.3 Å². The molecule has 1 N–H and O–H groups in total. The summed E-state index contributed by atoms with van der Waals surface area (Å²) in [6, 6.07) is 7.33. The van der Waals surface area contributed by atoms with E-state index in [0.717, 1.165) is 22.5 Å². The van der Waals surface area contributed by atoms with Gasteiger partial charge in [0, 0.05) is 35.4 Å². The van der Waals surface area contributed by atoms with Crippen LogP contribution in [0.3, 0.4) is 0 Å². The molecule has 0 aliphatic rings. The molecule has 0 aliphatic carbocycles. The zero-order chi connectivity index (χ0) is 13.4. The second kappa shape index (κ2) is 5.19. The van der Waals surface area contributed by atoms with Crippen LogP contribution in [0.15, 0.2) is 41.6 Å². The van der Waals surface area contributed by atoms with E-state index < -0.39 is 0 Å². The third-order valence-corrected chi connectivity index (χ3v) is 3.06. The smallest absolute Gasteiger partial charge is 1.00 e. The van der Waals surface area contributed by atoms with Crippen molar-refractivity contribution in [3.8, 4) is 17.2 Å². The monoisotopic (exact) mass is 286 g/mol. The summed E-state index contributed by atoms with van der Waals surface area (Å²) in [5, 5.41) is 8.93. The standard InChI is InChI=1S/C14H10N4O.ClH/c1-9-12(6-11(7-15)14(19)17-9)10-2-3-13-16-4-5-18(13)8-10;/h2-6,8H,1H3,(H,17,19);1H. The number of rotatable bonds is 1. The van der Waals surface area contributed by atoms with Crippen molar-refractivity contribution in [2.75, 3.05) is 0 Å². The molecule has 0 radical (unpaired) electrons. The minimum atomic E-state index is -0.354. The summed E-state index contributed by atoms with van der Waals surface area (Å²) in [6.45, 7) is 1.82. The van der Waals surface area contributed by atoms with Crippen LogP contribution in [0.5, 0.6) is 0 Å². The van der Waals surface area contributed by atoms with Gasteiger partial charge in [-0.25, -0.2) is 4.98 Å². The summed E-state index contributed by atoms with van der Waals surface area (Å²) in [7, 11) is 0. The second-order valence-corrected chi connectivity index (χ2v) is 4.27. The summed E-state index contributed by atoms with van der Waals surface area (Å²) in [4.78, 5) is 18.4. The van der Waals surface area contributed by atoms with E-state index in [0.29, 0.717) is 0 Å². The van der Waals surface area contributed by atoms with Crippen LogP contribution in [0, 0.1) is 18.3 Å². The van der Waals surface area contributed by atoms with Gasteiger partial charge < -0.3 is 21.8 Å². The number of pyridine rings is 2. The van der Waals surface area contributed by atoms with Crippen molar-refractivity contribution in [2.24, 2.45) is 0 Å². The molecule has 3 aromatic rings. The summed E-state index contributed by atoms with van der Waals surface area (Å²) in [6.07, 6.45) is 5.49. The number of fused-ring (bicyclic) bond motifs is 1. The van der Waals surface area contributed by atoms with E-state index in [1.165, 1.54) is 0 Å². The fraction of sp³-hybridized carbons (Fsp3) is 0.0714. The number of nitrogens with zero attached hydrogens (tertiary/aromatic N) is 3. The first kappa shape index (κ1) is 13.8. The Morgan fingerprint density at radius 2 is 2.25 bits per heavy atom. The lowest BCUT2D eigenvalue weighted by Gasteiger charge is -2.07. The lowest BCUT2D eigenvalue weighted by atomic mass is 10.0. The second-order valence-electron chi connectivity index (χ2n) is 4.27. The number of hydrogen-bond acceptors (Lipinski definition) is 3. The maximum absolute atomic E-state index is 11.5. The molecular formula is C14H11ClN4O. The first-order chi connectivity index (χ1) is 9.19. The molecule has 0 unspecified atom stereocenters. The van der Waals surface area contributed by atoms with Gasteiger partial charge in [0.2, 0.25) is 0 Å². The molecule has 0 aliphatic heterocycles. The van der Waals surface area contributed by atoms with Gasteiger partial charge in [-0.05, 0) is 25.1 Å². The topological polar surface area (TPSA) is 73.9 Å². The Balaban J connectivity index is 0.00000110. The number of aryl methyl sites for hydroxylation is 1. The van der Waals surface area contributed by atoms with Crippen LogP contribution >= 0.6 is 0 Å². The molecule has 0 amide bonds. The zero-order valence-electron chi connectivity index (χ0n) is 11.6. The first-order valence-corrected chi connectivity index (χ1v) is 5.76. The SMILES string of the molecule is Cc1[nH]c(=O)c(C#N)cc1-c1ccc2nccn2c1.[Cl-].[H+]. The molecule has 0 spiro atoms. The van der Waals surface area contributed by atoms with Crippen molar-refractivity contribution < 1.29 is 13.8 Å². The van der Waals surface area contributed by atoms with Gasteiger partial charge >= 0.3 is 1.43 Å². The Morgan fingerprint density at radius 3 is 3.00 bits per heavy atom. The van der Waals surface area contributed by atoms with Crippen LogP contribution in [0.1, 0.15) is 12.7 Å². The quantitative estimate of drug-likeness (QED) is 0.623. The minimum absolute atomic E-state index is 0. The molecule has 0 saturated heterocycles. The average Bonchev–Trinajstić information content (AvgIpc) is 2.86. The lowest BCUT2D eigenvalue weighted by Crippen LogP contribution is -3.00. The van der Waals surface area contributed by atoms with Gasteiger partial charge in [0.25, 0.3) is 5.56 Å². The van der Waals surface area contributed by atoms with Crippen LogP contribution in [-0.2, 0) is 0 Å². The first-order valence-electron chi connectivity index (χ1n) is 5.76. The zero-order valence-corrected chi connectivity index (χ0v) is 11.3. The number of hydrogen-bond donors (Lipinski definition) is 1. The molecule has 20 heavy (non-hydrogen) atoms. The maximum Gasteiger partial charge on any atom is 1.00 e. The highest BCUT2D eigenvalue weighted by atomic mass is 35.5. The molecule has 0 bridgehead atoms. The van der Waals surface area contributed by atoms with Gasteiger partial charge in [-0.3, -0.25) is 4.79 Å². The van der Waals surface area contributed by atoms with Gasteiger partial charge in [0.05, 0.1) is 0 Å². The maximum atomic E-state index is 11.5. The van der Waals surface area contributed by atoms with E-state index in [1.807, 2.05) is 41.9 Å². The Morgan fingerprint density at radius 1 is 1.45 bits per heavy atom. The summed E-state index contributed by atoms with van der Waals surface area (Å²) in [5.74, 6) is 0. The van der Waals surface area contributed by atoms with E-state index >= 15 is 0 Å². The normalized spacial score (nSPS) is 10.0. The van der Waals surface area contributed by atoms with Gasteiger partial charge in [-0.1, -0.05) is 0 Å². The molecule has 6 heteroatoms. The Bertz CT molecular complexity index is 879. The number of nitrogens with one attached hydrogen (secondary N) is 1. The van der Waals surface area contributed by atoms with Gasteiger partial charge in [-0.15, -0.1) is 0 Å². The van der Waals surface area contributed by atoms with Crippen LogP contribution in [0.4, 0.5) is 0 Å². The molecule has 3 aromatic heterocycles. The highest BCUT2D eigenvalue weighted by Crippen LogP contribution is 2.22. The largest absolute Gasteiger partial charge is 1.00 e. The number of aromatic nitrogens is 3. The number of imidazole rings is 1. The van der Waals surface area contributed by atoms with Gasteiger partial charge in [0.15, 0.2) is 0 Å². The Hall–Kier alpha value is -2.58. The van der Waals surface area contributed by atoms with E-state index in [4.69, 9.17) is 5.26 Å². The molecule has 0 fully saturated rings. The third kappa shape index (κ3) is 2.17. The number of nitriles is 1. The molecule has 0 atom stereocenters. The molecular weight excluding hydrogens is 276 g/mol. The van der Waals surface area contributed by atoms with Crippen LogP contribution in [0.2, 0.25) is 0 Å². The predicted molar refractivity (Wildman–Crippen MR) is 71.8 cm³/mol. The van der Waals surface area contributed by atoms with Crippen LogP contribution in [-0.4, -0.2) is 14.4 Å². The minimum Gasteiger partial charge on any atom is -1.00 e. The number of halogens is 1. The van der Waals surface area contributed by atoms with Gasteiger partial charge in [-0.2, -0.15) is 5.26 Å². The molecule has 0 aromatic carbocycles. The number of H-pyrrole nitrogens is 1. The van der Waals surface area contributed by atoms with Gasteiger partial charge in [0.1, 0.15) is 17.3 Å². The Labute approximate surface area is 122 Å². The van der Waals surface area contributed by atoms with E-state index in [9.17, 15) is 4.79 Å². The molecule has 100 valence electrons. The fourth-order valence-corrected chi connectivity index (χ4v) is 2.09. The summed E-state index contributed by atoms with van der Waals surface area (Å²) < 4.78 is 1.89. The Kier molecular flexibility index (Phi) is 3.59. The van der Waals surface area contributed by atoms with E-state index in [2.05, 4.69) is 9.97 Å². The van der Waals surface area contributed by atoms with Crippen molar-refractivity contribution in [3.05, 3.63) is 58.4 Å². The molecule has 3 heterocycles. The third-order valence-electron chi connectivity index (χ3n) is 3.06. The summed E-state index contributed by atoms with van der Waals surface area (Å²) >= 11 is 0. The highest BCUT2D eigenvalue weighted by molar-refractivity contribution is 5.68. The fourth-order valence-electron chi connectivity index (χ4n) is 2.09. The van der Waals surface area contributed by atoms with E-state index in [-0.39, 0.29) is 25.0 Å². The van der Waals surface area contributed by atoms with Crippen molar-refractivity contribution in [1.82, 2.24) is 14.4 Å². The average molecular weight is 287 g/mol. The molecule has 3 rings (SSSR count). The number of aromatic amines is 1.